The summed E-state index contributed by atoms with van der Waals surface area (Å²) in [5.41, 5.74) is 0. The van der Waals surface area contributed by atoms with Crippen LogP contribution in [0.3, 0.4) is 0 Å². The molecule has 0 aromatic carbocycles. The van der Waals surface area contributed by atoms with Gasteiger partial charge in [-0.05, 0) is 32.6 Å². The minimum Gasteiger partial charge on any atom is -0.198 e. The first-order chi connectivity index (χ1) is 5.31. The maximum Gasteiger partial charge on any atom is 0.0652 e. The molecule has 0 spiro atoms. The summed E-state index contributed by atoms with van der Waals surface area (Å²) >= 11 is 0. The van der Waals surface area contributed by atoms with E-state index in [2.05, 4.69) is 25.1 Å². The zero-order valence-electron chi connectivity index (χ0n) is 7.51. The van der Waals surface area contributed by atoms with Crippen molar-refractivity contribution < 1.29 is 0 Å². The lowest BCUT2D eigenvalue weighted by Gasteiger charge is -1.97. The Kier molecular flexibility index (Phi) is 6.82. The summed E-state index contributed by atoms with van der Waals surface area (Å²) in [7, 11) is 0. The number of rotatable bonds is 5. The number of nitriles is 1. The van der Waals surface area contributed by atoms with Gasteiger partial charge in [-0.2, -0.15) is 5.26 Å². The van der Waals surface area contributed by atoms with E-state index < -0.39 is 0 Å². The number of allylic oxidation sites excluding steroid dienone is 2. The minimum atomic E-state index is 0.227. The van der Waals surface area contributed by atoms with Crippen LogP contribution in [0.15, 0.2) is 12.2 Å². The smallest absolute Gasteiger partial charge is 0.0652 e. The molecule has 0 rings (SSSR count). The van der Waals surface area contributed by atoms with E-state index in [0.717, 1.165) is 25.7 Å². The van der Waals surface area contributed by atoms with Gasteiger partial charge in [0.1, 0.15) is 0 Å². The maximum absolute atomic E-state index is 8.47. The topological polar surface area (TPSA) is 23.8 Å². The van der Waals surface area contributed by atoms with E-state index in [1.807, 2.05) is 6.92 Å². The predicted molar refractivity (Wildman–Crippen MR) is 48.1 cm³/mol. The normalized spacial score (nSPS) is 13.2. The van der Waals surface area contributed by atoms with Crippen LogP contribution >= 0.6 is 0 Å². The molecule has 0 bridgehead atoms. The lowest BCUT2D eigenvalue weighted by Crippen LogP contribution is -1.88. The highest BCUT2D eigenvalue weighted by Gasteiger charge is 1.96. The molecule has 0 saturated heterocycles. The van der Waals surface area contributed by atoms with E-state index in [1.54, 1.807) is 0 Å². The van der Waals surface area contributed by atoms with E-state index in [1.165, 1.54) is 0 Å². The van der Waals surface area contributed by atoms with Crippen molar-refractivity contribution in [3.05, 3.63) is 12.2 Å². The first-order valence-corrected chi connectivity index (χ1v) is 4.35. The van der Waals surface area contributed by atoms with Crippen molar-refractivity contribution in [1.82, 2.24) is 0 Å². The van der Waals surface area contributed by atoms with Gasteiger partial charge in [-0.1, -0.05) is 19.1 Å². The zero-order chi connectivity index (χ0) is 8.53. The van der Waals surface area contributed by atoms with Gasteiger partial charge in [0, 0.05) is 5.92 Å². The highest BCUT2D eigenvalue weighted by Crippen LogP contribution is 2.06. The Morgan fingerprint density at radius 3 is 2.73 bits per heavy atom. The fourth-order valence-corrected chi connectivity index (χ4v) is 0.891. The van der Waals surface area contributed by atoms with Crippen molar-refractivity contribution >= 4 is 0 Å². The quantitative estimate of drug-likeness (QED) is 0.437. The van der Waals surface area contributed by atoms with E-state index >= 15 is 0 Å². The maximum atomic E-state index is 8.47. The molecule has 1 heteroatoms. The molecule has 0 aromatic rings. The molecule has 0 aliphatic heterocycles. The van der Waals surface area contributed by atoms with E-state index in [9.17, 15) is 0 Å². The van der Waals surface area contributed by atoms with Crippen LogP contribution in [0.25, 0.3) is 0 Å². The van der Waals surface area contributed by atoms with Gasteiger partial charge in [-0.15, -0.1) is 0 Å². The third-order valence-corrected chi connectivity index (χ3v) is 1.63. The third kappa shape index (κ3) is 7.12. The summed E-state index contributed by atoms with van der Waals surface area (Å²) in [4.78, 5) is 0. The first kappa shape index (κ1) is 10.2. The Bertz CT molecular complexity index is 141. The third-order valence-electron chi connectivity index (χ3n) is 1.63. The molecule has 0 saturated carbocycles. The summed E-state index contributed by atoms with van der Waals surface area (Å²) in [6.45, 7) is 4.11. The molecule has 0 aliphatic rings. The number of hydrogen-bond donors (Lipinski definition) is 0. The van der Waals surface area contributed by atoms with Gasteiger partial charge in [0.25, 0.3) is 0 Å². The fraction of sp³-hybridized carbons (Fsp3) is 0.700. The molecule has 0 fully saturated rings. The summed E-state index contributed by atoms with van der Waals surface area (Å²) in [5.74, 6) is 0.227. The first-order valence-electron chi connectivity index (χ1n) is 4.35. The van der Waals surface area contributed by atoms with Crippen LogP contribution in [0.2, 0.25) is 0 Å². The lowest BCUT2D eigenvalue weighted by molar-refractivity contribution is 0.622. The van der Waals surface area contributed by atoms with Crippen LogP contribution in [-0.2, 0) is 0 Å². The fourth-order valence-electron chi connectivity index (χ4n) is 0.891. The van der Waals surface area contributed by atoms with Crippen LogP contribution in [0.5, 0.6) is 0 Å². The Labute approximate surface area is 69.7 Å². The standard InChI is InChI=1S/C10H17N/c1-3-4-5-6-7-8-10(2)9-11/h4-5,10H,3,6-8H2,1-2H3/b5-4-. The summed E-state index contributed by atoms with van der Waals surface area (Å²) in [6.07, 6.45) is 8.80. The van der Waals surface area contributed by atoms with Crippen LogP contribution < -0.4 is 0 Å². The Balaban J connectivity index is 3.15. The Hall–Kier alpha value is -0.770. The molecule has 1 atom stereocenters. The van der Waals surface area contributed by atoms with E-state index in [0.29, 0.717) is 0 Å². The highest BCUT2D eigenvalue weighted by molar-refractivity contribution is 4.82. The average Bonchev–Trinajstić information content (AvgIpc) is 2.04. The van der Waals surface area contributed by atoms with E-state index in [-0.39, 0.29) is 5.92 Å². The van der Waals surface area contributed by atoms with Crippen LogP contribution in [0.4, 0.5) is 0 Å². The van der Waals surface area contributed by atoms with Crippen molar-refractivity contribution in [3.8, 4) is 6.07 Å². The molecule has 0 N–H and O–H groups in total. The number of unbranched alkanes of at least 4 members (excludes halogenated alkanes) is 1. The molecule has 1 nitrogen and oxygen atoms in total. The molecule has 0 amide bonds. The molecule has 0 aliphatic carbocycles. The van der Waals surface area contributed by atoms with Gasteiger partial charge in [0.15, 0.2) is 0 Å². The van der Waals surface area contributed by atoms with Crippen LogP contribution in [-0.4, -0.2) is 0 Å². The van der Waals surface area contributed by atoms with Crippen molar-refractivity contribution in [1.29, 1.82) is 5.26 Å². The van der Waals surface area contributed by atoms with Gasteiger partial charge in [-0.25, -0.2) is 0 Å². The molecule has 0 heterocycles. The SMILES string of the molecule is CC/C=C\CCCC(C)C#N. The monoisotopic (exact) mass is 151 g/mol. The van der Waals surface area contributed by atoms with E-state index in [4.69, 9.17) is 5.26 Å². The summed E-state index contributed by atoms with van der Waals surface area (Å²) in [6, 6.07) is 2.23. The zero-order valence-corrected chi connectivity index (χ0v) is 7.51. The number of hydrogen-bond acceptors (Lipinski definition) is 1. The van der Waals surface area contributed by atoms with Gasteiger partial charge < -0.3 is 0 Å². The van der Waals surface area contributed by atoms with Crippen molar-refractivity contribution in [3.63, 3.8) is 0 Å². The molecule has 0 radical (unpaired) electrons. The Morgan fingerprint density at radius 2 is 2.18 bits per heavy atom. The second-order valence-electron chi connectivity index (χ2n) is 2.84. The second kappa shape index (κ2) is 7.34. The second-order valence-corrected chi connectivity index (χ2v) is 2.84. The minimum absolute atomic E-state index is 0.227. The molecule has 0 aromatic heterocycles. The molecule has 11 heavy (non-hydrogen) atoms. The van der Waals surface area contributed by atoms with Gasteiger partial charge in [0.2, 0.25) is 0 Å². The highest BCUT2D eigenvalue weighted by atomic mass is 14.2. The van der Waals surface area contributed by atoms with Crippen LogP contribution in [0, 0.1) is 17.2 Å². The summed E-state index contributed by atoms with van der Waals surface area (Å²) in [5, 5.41) is 8.47. The van der Waals surface area contributed by atoms with Crippen molar-refractivity contribution in [2.75, 3.05) is 0 Å². The molecular formula is C10H17N. The van der Waals surface area contributed by atoms with Gasteiger partial charge >= 0.3 is 0 Å². The predicted octanol–water partition coefficient (Wildman–Crippen LogP) is 3.28. The van der Waals surface area contributed by atoms with Crippen molar-refractivity contribution in [2.24, 2.45) is 5.92 Å². The van der Waals surface area contributed by atoms with Gasteiger partial charge in [-0.3, -0.25) is 0 Å². The summed E-state index contributed by atoms with van der Waals surface area (Å²) < 4.78 is 0. The van der Waals surface area contributed by atoms with Crippen LogP contribution in [0.1, 0.15) is 39.5 Å². The largest absolute Gasteiger partial charge is 0.198 e. The number of nitrogens with zero attached hydrogens (tertiary/aromatic N) is 1. The molecule has 62 valence electrons. The lowest BCUT2D eigenvalue weighted by atomic mass is 10.1. The Morgan fingerprint density at radius 1 is 1.45 bits per heavy atom. The molecular weight excluding hydrogens is 134 g/mol. The average molecular weight is 151 g/mol. The van der Waals surface area contributed by atoms with Gasteiger partial charge in [0.05, 0.1) is 6.07 Å². The molecule has 1 unspecified atom stereocenters. The van der Waals surface area contributed by atoms with Crippen molar-refractivity contribution in [2.45, 2.75) is 39.5 Å².